The molecule has 106 valence electrons. The van der Waals surface area contributed by atoms with Crippen LogP contribution < -0.4 is 5.32 Å². The van der Waals surface area contributed by atoms with Gasteiger partial charge in [0.15, 0.2) is 5.13 Å². The monoisotopic (exact) mass is 288 g/mol. The van der Waals surface area contributed by atoms with Crippen molar-refractivity contribution in [3.8, 4) is 10.4 Å². The van der Waals surface area contributed by atoms with Crippen LogP contribution in [0.2, 0.25) is 0 Å². The van der Waals surface area contributed by atoms with Crippen LogP contribution in [0.1, 0.15) is 27.7 Å². The van der Waals surface area contributed by atoms with Gasteiger partial charge in [0, 0.05) is 12.1 Å². The lowest BCUT2D eigenvalue weighted by molar-refractivity contribution is -0.122. The van der Waals surface area contributed by atoms with Crippen molar-refractivity contribution in [2.24, 2.45) is 11.3 Å². The number of carbonyl (C=O) groups excluding carboxylic acids is 1. The molecule has 0 bridgehead atoms. The van der Waals surface area contributed by atoms with Crippen LogP contribution in [-0.4, -0.2) is 10.9 Å². The number of thiazole rings is 1. The zero-order valence-corrected chi connectivity index (χ0v) is 13.1. The summed E-state index contributed by atoms with van der Waals surface area (Å²) in [5, 5.41) is 3.56. The standard InChI is InChI=1S/C16H20N2OS/c1-11(16(2,3)4)14(19)18-15-17-10-13(20-15)12-8-6-5-7-9-12/h5-11H,1-4H3,(H,17,18,19). The molecule has 1 aromatic heterocycles. The summed E-state index contributed by atoms with van der Waals surface area (Å²) in [5.74, 6) is -0.0435. The van der Waals surface area contributed by atoms with E-state index in [1.807, 2.05) is 37.3 Å². The lowest BCUT2D eigenvalue weighted by Crippen LogP contribution is -2.30. The third kappa shape index (κ3) is 3.45. The van der Waals surface area contributed by atoms with Crippen LogP contribution >= 0.6 is 11.3 Å². The number of benzene rings is 1. The summed E-state index contributed by atoms with van der Waals surface area (Å²) in [7, 11) is 0. The summed E-state index contributed by atoms with van der Waals surface area (Å²) in [4.78, 5) is 17.5. The van der Waals surface area contributed by atoms with Gasteiger partial charge >= 0.3 is 0 Å². The summed E-state index contributed by atoms with van der Waals surface area (Å²) in [6.07, 6.45) is 1.80. The van der Waals surface area contributed by atoms with Gasteiger partial charge < -0.3 is 5.32 Å². The number of rotatable bonds is 3. The molecule has 1 unspecified atom stereocenters. The van der Waals surface area contributed by atoms with Gasteiger partial charge in [-0.2, -0.15) is 0 Å². The largest absolute Gasteiger partial charge is 0.302 e. The van der Waals surface area contributed by atoms with Gasteiger partial charge in [0.1, 0.15) is 0 Å². The third-order valence-electron chi connectivity index (χ3n) is 3.49. The van der Waals surface area contributed by atoms with E-state index in [2.05, 4.69) is 31.1 Å². The molecule has 0 fully saturated rings. The highest BCUT2D eigenvalue weighted by molar-refractivity contribution is 7.19. The van der Waals surface area contributed by atoms with Crippen molar-refractivity contribution in [2.75, 3.05) is 5.32 Å². The Labute approximate surface area is 124 Å². The summed E-state index contributed by atoms with van der Waals surface area (Å²) in [6, 6.07) is 10.1. The molecule has 1 amide bonds. The average molecular weight is 288 g/mol. The zero-order chi connectivity index (χ0) is 14.8. The lowest BCUT2D eigenvalue weighted by Gasteiger charge is -2.25. The van der Waals surface area contributed by atoms with E-state index in [4.69, 9.17) is 0 Å². The summed E-state index contributed by atoms with van der Waals surface area (Å²) in [6.45, 7) is 8.14. The number of nitrogens with zero attached hydrogens (tertiary/aromatic N) is 1. The number of anilines is 1. The van der Waals surface area contributed by atoms with Crippen molar-refractivity contribution in [1.29, 1.82) is 0 Å². The van der Waals surface area contributed by atoms with Crippen molar-refractivity contribution >= 4 is 22.4 Å². The maximum Gasteiger partial charge on any atom is 0.229 e. The van der Waals surface area contributed by atoms with Crippen molar-refractivity contribution in [1.82, 2.24) is 4.98 Å². The second kappa shape index (κ2) is 5.75. The van der Waals surface area contributed by atoms with Gasteiger partial charge in [-0.15, -0.1) is 0 Å². The number of carbonyl (C=O) groups is 1. The van der Waals surface area contributed by atoms with E-state index in [-0.39, 0.29) is 17.2 Å². The van der Waals surface area contributed by atoms with E-state index >= 15 is 0 Å². The van der Waals surface area contributed by atoms with Gasteiger partial charge in [0.05, 0.1) is 4.88 Å². The Kier molecular flexibility index (Phi) is 4.23. The van der Waals surface area contributed by atoms with Gasteiger partial charge in [0.25, 0.3) is 0 Å². The number of aromatic nitrogens is 1. The SMILES string of the molecule is CC(C(=O)Nc1ncc(-c2ccccc2)s1)C(C)(C)C. The molecule has 0 aliphatic heterocycles. The first kappa shape index (κ1) is 14.7. The topological polar surface area (TPSA) is 42.0 Å². The Bertz CT molecular complexity index is 584. The molecule has 1 heterocycles. The number of hydrogen-bond acceptors (Lipinski definition) is 3. The molecule has 0 saturated heterocycles. The minimum Gasteiger partial charge on any atom is -0.302 e. The van der Waals surface area contributed by atoms with Crippen LogP contribution in [0.15, 0.2) is 36.5 Å². The highest BCUT2D eigenvalue weighted by Crippen LogP contribution is 2.30. The van der Waals surface area contributed by atoms with Crippen LogP contribution in [0.5, 0.6) is 0 Å². The molecular formula is C16H20N2OS. The predicted octanol–water partition coefficient (Wildman–Crippen LogP) is 4.43. The first-order valence-corrected chi connectivity index (χ1v) is 7.51. The van der Waals surface area contributed by atoms with Crippen LogP contribution in [0.4, 0.5) is 5.13 Å². The Morgan fingerprint density at radius 2 is 1.90 bits per heavy atom. The van der Waals surface area contributed by atoms with Gasteiger partial charge in [-0.1, -0.05) is 69.4 Å². The second-order valence-electron chi connectivity index (χ2n) is 5.97. The first-order chi connectivity index (χ1) is 9.38. The van der Waals surface area contributed by atoms with Crippen LogP contribution in [0.25, 0.3) is 10.4 Å². The number of nitrogens with one attached hydrogen (secondary N) is 1. The van der Waals surface area contributed by atoms with E-state index in [0.717, 1.165) is 10.4 Å². The van der Waals surface area contributed by atoms with Gasteiger partial charge in [-0.05, 0) is 11.0 Å². The Morgan fingerprint density at radius 3 is 2.50 bits per heavy atom. The number of amides is 1. The van der Waals surface area contributed by atoms with Crippen molar-refractivity contribution in [3.63, 3.8) is 0 Å². The minimum absolute atomic E-state index is 0.0199. The Balaban J connectivity index is 2.09. The van der Waals surface area contributed by atoms with E-state index in [1.54, 1.807) is 6.20 Å². The fourth-order valence-corrected chi connectivity index (χ4v) is 2.50. The molecule has 1 atom stereocenters. The molecule has 4 heteroatoms. The molecule has 0 saturated carbocycles. The van der Waals surface area contributed by atoms with E-state index in [9.17, 15) is 4.79 Å². The quantitative estimate of drug-likeness (QED) is 0.907. The van der Waals surface area contributed by atoms with Crippen molar-refractivity contribution < 1.29 is 4.79 Å². The molecule has 1 N–H and O–H groups in total. The van der Waals surface area contributed by atoms with Crippen molar-refractivity contribution in [3.05, 3.63) is 36.5 Å². The molecule has 20 heavy (non-hydrogen) atoms. The molecule has 0 aliphatic carbocycles. The highest BCUT2D eigenvalue weighted by Gasteiger charge is 2.27. The molecular weight excluding hydrogens is 268 g/mol. The van der Waals surface area contributed by atoms with E-state index < -0.39 is 0 Å². The van der Waals surface area contributed by atoms with Gasteiger partial charge in [-0.25, -0.2) is 4.98 Å². The summed E-state index contributed by atoms with van der Waals surface area (Å²) in [5.41, 5.74) is 1.07. The lowest BCUT2D eigenvalue weighted by atomic mass is 9.81. The molecule has 3 nitrogen and oxygen atoms in total. The predicted molar refractivity (Wildman–Crippen MR) is 84.8 cm³/mol. The normalized spacial score (nSPS) is 13.0. The highest BCUT2D eigenvalue weighted by atomic mass is 32.1. The fourth-order valence-electron chi connectivity index (χ4n) is 1.67. The third-order valence-corrected chi connectivity index (χ3v) is 4.45. The zero-order valence-electron chi connectivity index (χ0n) is 12.3. The first-order valence-electron chi connectivity index (χ1n) is 6.70. The maximum atomic E-state index is 12.2. The summed E-state index contributed by atoms with van der Waals surface area (Å²) >= 11 is 1.50. The number of hydrogen-bond donors (Lipinski definition) is 1. The van der Waals surface area contributed by atoms with E-state index in [0.29, 0.717) is 5.13 Å². The van der Waals surface area contributed by atoms with E-state index in [1.165, 1.54) is 11.3 Å². The molecule has 0 aliphatic rings. The molecule has 0 spiro atoms. The maximum absolute atomic E-state index is 12.2. The molecule has 0 radical (unpaired) electrons. The second-order valence-corrected chi connectivity index (χ2v) is 7.00. The Hall–Kier alpha value is -1.68. The van der Waals surface area contributed by atoms with Crippen molar-refractivity contribution in [2.45, 2.75) is 27.7 Å². The van der Waals surface area contributed by atoms with Gasteiger partial charge in [-0.3, -0.25) is 4.79 Å². The summed E-state index contributed by atoms with van der Waals surface area (Å²) < 4.78 is 0. The fraction of sp³-hybridized carbons (Fsp3) is 0.375. The Morgan fingerprint density at radius 1 is 1.25 bits per heavy atom. The van der Waals surface area contributed by atoms with Crippen LogP contribution in [0.3, 0.4) is 0 Å². The molecule has 1 aromatic carbocycles. The smallest absolute Gasteiger partial charge is 0.229 e. The van der Waals surface area contributed by atoms with Crippen LogP contribution in [0, 0.1) is 11.3 Å². The molecule has 2 aromatic rings. The minimum atomic E-state index is -0.0634. The van der Waals surface area contributed by atoms with Gasteiger partial charge in [0.2, 0.25) is 5.91 Å². The average Bonchev–Trinajstić information content (AvgIpc) is 2.86. The molecule has 2 rings (SSSR count). The van der Waals surface area contributed by atoms with Crippen LogP contribution in [-0.2, 0) is 4.79 Å².